The van der Waals surface area contributed by atoms with Crippen LogP contribution in [0.4, 0.5) is 5.69 Å². The standard InChI is InChI=1S/C27H33N/c1-4-28(5-2)27-20-16-24(17-21-27)15-19-26-9-7-6-8-25(26)18-14-23-12-10-22(3)11-13-23/h6-13,16-17,20-21H,4-5,14-15,18-19H2,1-3H3. The number of aryl methyl sites for hydroxylation is 5. The Hall–Kier alpha value is -2.54. The number of hydrogen-bond acceptors (Lipinski definition) is 1. The molecule has 3 aromatic rings. The van der Waals surface area contributed by atoms with Crippen LogP contribution in [0.2, 0.25) is 0 Å². The highest BCUT2D eigenvalue weighted by molar-refractivity contribution is 5.47. The highest BCUT2D eigenvalue weighted by atomic mass is 15.1. The van der Waals surface area contributed by atoms with Crippen LogP contribution in [0.3, 0.4) is 0 Å². The van der Waals surface area contributed by atoms with Crippen molar-refractivity contribution in [3.05, 3.63) is 101 Å². The van der Waals surface area contributed by atoms with Gasteiger partial charge in [0.05, 0.1) is 0 Å². The first-order valence-electron chi connectivity index (χ1n) is 10.7. The van der Waals surface area contributed by atoms with Gasteiger partial charge in [-0.1, -0.05) is 66.2 Å². The van der Waals surface area contributed by atoms with E-state index in [1.165, 1.54) is 33.5 Å². The topological polar surface area (TPSA) is 3.24 Å². The predicted octanol–water partition coefficient (Wildman–Crippen LogP) is 6.41. The van der Waals surface area contributed by atoms with Gasteiger partial charge in [0.1, 0.15) is 0 Å². The first-order valence-corrected chi connectivity index (χ1v) is 10.7. The highest BCUT2D eigenvalue weighted by Gasteiger charge is 2.05. The molecule has 3 rings (SSSR count). The molecule has 0 radical (unpaired) electrons. The maximum atomic E-state index is 2.39. The Labute approximate surface area is 171 Å². The predicted molar refractivity (Wildman–Crippen MR) is 122 cm³/mol. The van der Waals surface area contributed by atoms with E-state index in [9.17, 15) is 0 Å². The van der Waals surface area contributed by atoms with Crippen molar-refractivity contribution >= 4 is 5.69 Å². The summed E-state index contributed by atoms with van der Waals surface area (Å²) in [7, 11) is 0. The summed E-state index contributed by atoms with van der Waals surface area (Å²) >= 11 is 0. The molecule has 0 aromatic heterocycles. The minimum atomic E-state index is 1.06. The Bertz CT molecular complexity index is 842. The summed E-state index contributed by atoms with van der Waals surface area (Å²) in [4.78, 5) is 2.39. The van der Waals surface area contributed by atoms with Gasteiger partial charge in [0, 0.05) is 18.8 Å². The van der Waals surface area contributed by atoms with Gasteiger partial charge in [-0.05, 0) is 80.8 Å². The number of rotatable bonds is 9. The lowest BCUT2D eigenvalue weighted by atomic mass is 9.95. The van der Waals surface area contributed by atoms with E-state index in [-0.39, 0.29) is 0 Å². The second-order valence-corrected chi connectivity index (χ2v) is 7.59. The third kappa shape index (κ3) is 5.48. The fourth-order valence-electron chi connectivity index (χ4n) is 3.82. The molecule has 0 aliphatic heterocycles. The fourth-order valence-corrected chi connectivity index (χ4v) is 3.82. The first-order chi connectivity index (χ1) is 13.7. The summed E-state index contributed by atoms with van der Waals surface area (Å²) < 4.78 is 0. The lowest BCUT2D eigenvalue weighted by Crippen LogP contribution is -2.21. The van der Waals surface area contributed by atoms with E-state index >= 15 is 0 Å². The summed E-state index contributed by atoms with van der Waals surface area (Å²) in [6.45, 7) is 8.69. The maximum Gasteiger partial charge on any atom is 0.0366 e. The van der Waals surface area contributed by atoms with Crippen molar-refractivity contribution in [2.24, 2.45) is 0 Å². The number of hydrogen-bond donors (Lipinski definition) is 0. The summed E-state index contributed by atoms with van der Waals surface area (Å²) in [6.07, 6.45) is 4.42. The molecule has 0 bridgehead atoms. The van der Waals surface area contributed by atoms with Gasteiger partial charge in [0.25, 0.3) is 0 Å². The summed E-state index contributed by atoms with van der Waals surface area (Å²) in [5, 5.41) is 0. The third-order valence-electron chi connectivity index (χ3n) is 5.67. The smallest absolute Gasteiger partial charge is 0.0366 e. The molecule has 0 aliphatic carbocycles. The molecule has 1 nitrogen and oxygen atoms in total. The molecule has 0 spiro atoms. The molecule has 1 heteroatoms. The van der Waals surface area contributed by atoms with Crippen molar-refractivity contribution in [1.82, 2.24) is 0 Å². The van der Waals surface area contributed by atoms with Gasteiger partial charge in [0.15, 0.2) is 0 Å². The van der Waals surface area contributed by atoms with Gasteiger partial charge in [-0.2, -0.15) is 0 Å². The van der Waals surface area contributed by atoms with Crippen molar-refractivity contribution in [2.75, 3.05) is 18.0 Å². The second kappa shape index (κ2) is 10.1. The van der Waals surface area contributed by atoms with Crippen molar-refractivity contribution < 1.29 is 0 Å². The summed E-state index contributed by atoms with van der Waals surface area (Å²) in [6, 6.07) is 27.0. The molecule has 0 heterocycles. The minimum Gasteiger partial charge on any atom is -0.372 e. The van der Waals surface area contributed by atoms with Gasteiger partial charge >= 0.3 is 0 Å². The van der Waals surface area contributed by atoms with Gasteiger partial charge in [-0.25, -0.2) is 0 Å². The van der Waals surface area contributed by atoms with E-state index in [4.69, 9.17) is 0 Å². The zero-order valence-electron chi connectivity index (χ0n) is 17.6. The zero-order chi connectivity index (χ0) is 19.8. The Morgan fingerprint density at radius 3 is 1.50 bits per heavy atom. The number of benzene rings is 3. The van der Waals surface area contributed by atoms with Crippen LogP contribution in [-0.2, 0) is 25.7 Å². The third-order valence-corrected chi connectivity index (χ3v) is 5.67. The molecule has 146 valence electrons. The van der Waals surface area contributed by atoms with Gasteiger partial charge in [0.2, 0.25) is 0 Å². The normalized spacial score (nSPS) is 10.8. The molecule has 0 aliphatic rings. The molecular weight excluding hydrogens is 338 g/mol. The SMILES string of the molecule is CCN(CC)c1ccc(CCc2ccccc2CCc2ccc(C)cc2)cc1. The fraction of sp³-hybridized carbons (Fsp3) is 0.333. The zero-order valence-corrected chi connectivity index (χ0v) is 17.6. The number of anilines is 1. The molecule has 0 N–H and O–H groups in total. The average molecular weight is 372 g/mol. The average Bonchev–Trinajstić information content (AvgIpc) is 2.74. The lowest BCUT2D eigenvalue weighted by molar-refractivity contribution is 0.863. The van der Waals surface area contributed by atoms with Crippen LogP contribution in [0.1, 0.15) is 41.7 Å². The van der Waals surface area contributed by atoms with Crippen LogP contribution in [0.15, 0.2) is 72.8 Å². The van der Waals surface area contributed by atoms with Crippen LogP contribution in [-0.4, -0.2) is 13.1 Å². The number of nitrogens with zero attached hydrogens (tertiary/aromatic N) is 1. The van der Waals surface area contributed by atoms with Crippen LogP contribution in [0, 0.1) is 6.92 Å². The van der Waals surface area contributed by atoms with E-state index in [1.54, 1.807) is 0 Å². The van der Waals surface area contributed by atoms with Crippen molar-refractivity contribution in [3.8, 4) is 0 Å². The first kappa shape index (κ1) is 20.2. The van der Waals surface area contributed by atoms with E-state index in [1.807, 2.05) is 0 Å². The van der Waals surface area contributed by atoms with Gasteiger partial charge in [-0.3, -0.25) is 0 Å². The Balaban J connectivity index is 1.61. The molecule has 0 saturated carbocycles. The molecule has 0 unspecified atom stereocenters. The molecular formula is C27H33N. The molecule has 0 amide bonds. The highest BCUT2D eigenvalue weighted by Crippen LogP contribution is 2.18. The van der Waals surface area contributed by atoms with Crippen molar-refractivity contribution in [3.63, 3.8) is 0 Å². The quantitative estimate of drug-likeness (QED) is 0.420. The second-order valence-electron chi connectivity index (χ2n) is 7.59. The van der Waals surface area contributed by atoms with Crippen LogP contribution in [0.25, 0.3) is 0 Å². The van der Waals surface area contributed by atoms with Crippen LogP contribution >= 0.6 is 0 Å². The van der Waals surface area contributed by atoms with E-state index in [0.717, 1.165) is 38.8 Å². The largest absolute Gasteiger partial charge is 0.372 e. The summed E-state index contributed by atoms with van der Waals surface area (Å²) in [5.41, 5.74) is 8.48. The molecule has 28 heavy (non-hydrogen) atoms. The van der Waals surface area contributed by atoms with Gasteiger partial charge < -0.3 is 4.90 Å². The minimum absolute atomic E-state index is 1.06. The molecule has 0 saturated heterocycles. The lowest BCUT2D eigenvalue weighted by Gasteiger charge is -2.21. The van der Waals surface area contributed by atoms with Crippen molar-refractivity contribution in [1.29, 1.82) is 0 Å². The molecule has 0 atom stereocenters. The molecule has 3 aromatic carbocycles. The van der Waals surface area contributed by atoms with E-state index in [2.05, 4.69) is 98.5 Å². The Kier molecular flexibility index (Phi) is 7.31. The maximum absolute atomic E-state index is 2.39. The Morgan fingerprint density at radius 2 is 1.04 bits per heavy atom. The van der Waals surface area contributed by atoms with Crippen LogP contribution in [0.5, 0.6) is 0 Å². The van der Waals surface area contributed by atoms with Crippen LogP contribution < -0.4 is 4.90 Å². The van der Waals surface area contributed by atoms with E-state index in [0.29, 0.717) is 0 Å². The van der Waals surface area contributed by atoms with E-state index < -0.39 is 0 Å². The monoisotopic (exact) mass is 371 g/mol. The molecule has 0 fully saturated rings. The summed E-state index contributed by atoms with van der Waals surface area (Å²) in [5.74, 6) is 0. The Morgan fingerprint density at radius 1 is 0.571 bits per heavy atom. The van der Waals surface area contributed by atoms with Crippen molar-refractivity contribution in [2.45, 2.75) is 46.5 Å². The van der Waals surface area contributed by atoms with Gasteiger partial charge in [-0.15, -0.1) is 0 Å².